The minimum Gasteiger partial charge on any atom is -0.452 e. The highest BCUT2D eigenvalue weighted by Crippen LogP contribution is 2.28. The van der Waals surface area contributed by atoms with E-state index in [1.807, 2.05) is 48.5 Å². The minimum atomic E-state index is -0.672. The highest BCUT2D eigenvalue weighted by Gasteiger charge is 2.10. The summed E-state index contributed by atoms with van der Waals surface area (Å²) in [5.74, 6) is -0.672. The first kappa shape index (κ1) is 13.0. The number of hydrogen-bond acceptors (Lipinski definition) is 2. The molecule has 3 rings (SSSR count). The molecule has 0 atom stereocenters. The van der Waals surface area contributed by atoms with Crippen LogP contribution in [0, 0.1) is 0 Å². The molecule has 0 fully saturated rings. The highest BCUT2D eigenvalue weighted by atomic mass is 16.5. The summed E-state index contributed by atoms with van der Waals surface area (Å²) in [6, 6.07) is 18.1. The molecule has 0 radical (unpaired) electrons. The Balaban J connectivity index is 2.15. The first-order chi connectivity index (χ1) is 10.3. The Bertz CT molecular complexity index is 826. The molecule has 0 aliphatic rings. The van der Waals surface area contributed by atoms with Crippen LogP contribution in [0.4, 0.5) is 0 Å². The third kappa shape index (κ3) is 2.53. The van der Waals surface area contributed by atoms with Gasteiger partial charge in [0.25, 0.3) is 0 Å². The van der Waals surface area contributed by atoms with Crippen molar-refractivity contribution < 1.29 is 14.3 Å². The molecule has 0 spiro atoms. The van der Waals surface area contributed by atoms with Gasteiger partial charge in [-0.2, -0.15) is 4.79 Å². The molecule has 3 aromatic carbocycles. The first-order valence-corrected chi connectivity index (χ1v) is 6.53. The lowest BCUT2D eigenvalue weighted by Crippen LogP contribution is -2.06. The lowest BCUT2D eigenvalue weighted by atomic mass is 9.97. The summed E-state index contributed by atoms with van der Waals surface area (Å²) >= 11 is 0. The van der Waals surface area contributed by atoms with Gasteiger partial charge in [-0.3, -0.25) is 0 Å². The van der Waals surface area contributed by atoms with Crippen LogP contribution < -0.4 is 0 Å². The summed E-state index contributed by atoms with van der Waals surface area (Å²) in [5, 5.41) is 4.28. The van der Waals surface area contributed by atoms with Crippen LogP contribution in [0.3, 0.4) is 0 Å². The van der Waals surface area contributed by atoms with E-state index in [-0.39, 0.29) is 6.61 Å². The molecule has 102 valence electrons. The number of ether oxygens (including phenoxy) is 1. The minimum absolute atomic E-state index is 0.132. The monoisotopic (exact) mass is 276 g/mol. The lowest BCUT2D eigenvalue weighted by Gasteiger charge is -2.10. The highest BCUT2D eigenvalue weighted by molar-refractivity contribution is 6.20. The second kappa shape index (κ2) is 5.57. The van der Waals surface area contributed by atoms with E-state index in [4.69, 9.17) is 10.3 Å². The standard InChI is InChI=1S/C17H12N2O2/c18-19-10-17(20)21-11-16-14-7-3-1-5-12(14)9-13-6-2-4-8-15(13)16/h1-10H,11H2. The number of esters is 1. The van der Waals surface area contributed by atoms with Crippen molar-refractivity contribution in [3.8, 4) is 0 Å². The van der Waals surface area contributed by atoms with Gasteiger partial charge in [0.2, 0.25) is 0 Å². The van der Waals surface area contributed by atoms with Crippen molar-refractivity contribution in [1.82, 2.24) is 0 Å². The molecule has 0 saturated heterocycles. The SMILES string of the molecule is [N-]=[N+]=CC(=O)OCc1c2ccccc2cc2ccccc12. The summed E-state index contributed by atoms with van der Waals surface area (Å²) in [4.78, 5) is 14.0. The van der Waals surface area contributed by atoms with Gasteiger partial charge in [-0.05, 0) is 27.6 Å². The summed E-state index contributed by atoms with van der Waals surface area (Å²) in [6.07, 6.45) is 0.743. The van der Waals surface area contributed by atoms with Crippen LogP contribution in [0.25, 0.3) is 27.1 Å². The normalized spacial score (nSPS) is 10.3. The van der Waals surface area contributed by atoms with Crippen LogP contribution in [0.5, 0.6) is 0 Å². The second-order valence-corrected chi connectivity index (χ2v) is 4.65. The quantitative estimate of drug-likeness (QED) is 0.242. The smallest absolute Gasteiger partial charge is 0.413 e. The molecule has 0 unspecified atom stereocenters. The van der Waals surface area contributed by atoms with Gasteiger partial charge in [0.1, 0.15) is 6.61 Å². The third-order valence-electron chi connectivity index (χ3n) is 3.40. The molecule has 0 aromatic heterocycles. The van der Waals surface area contributed by atoms with E-state index in [2.05, 4.69) is 10.9 Å². The largest absolute Gasteiger partial charge is 0.452 e. The summed E-state index contributed by atoms with van der Waals surface area (Å²) in [6.45, 7) is 0.132. The summed E-state index contributed by atoms with van der Waals surface area (Å²) in [7, 11) is 0. The predicted molar refractivity (Wildman–Crippen MR) is 80.9 cm³/mol. The molecule has 4 nitrogen and oxygen atoms in total. The zero-order chi connectivity index (χ0) is 14.7. The molecule has 3 aromatic rings. The van der Waals surface area contributed by atoms with Gasteiger partial charge < -0.3 is 10.3 Å². The Morgan fingerprint density at radius 3 is 2.19 bits per heavy atom. The van der Waals surface area contributed by atoms with Gasteiger partial charge in [0.15, 0.2) is 0 Å². The number of benzene rings is 3. The van der Waals surface area contributed by atoms with Crippen LogP contribution in [-0.2, 0) is 16.1 Å². The Hall–Kier alpha value is -2.97. The average molecular weight is 276 g/mol. The molecule has 0 N–H and O–H groups in total. The molecular formula is C17H12N2O2. The maximum absolute atomic E-state index is 11.4. The van der Waals surface area contributed by atoms with Crippen molar-refractivity contribution in [2.45, 2.75) is 6.61 Å². The van der Waals surface area contributed by atoms with Crippen LogP contribution in [0.1, 0.15) is 5.56 Å². The fourth-order valence-corrected chi connectivity index (χ4v) is 2.49. The predicted octanol–water partition coefficient (Wildman–Crippen LogP) is 3.34. The van der Waals surface area contributed by atoms with E-state index in [1.54, 1.807) is 0 Å². The van der Waals surface area contributed by atoms with Crippen molar-refractivity contribution in [3.05, 3.63) is 65.7 Å². The van der Waals surface area contributed by atoms with Gasteiger partial charge in [-0.1, -0.05) is 48.5 Å². The molecule has 0 heterocycles. The van der Waals surface area contributed by atoms with Gasteiger partial charge in [0.05, 0.1) is 0 Å². The fourth-order valence-electron chi connectivity index (χ4n) is 2.49. The number of hydrogen-bond donors (Lipinski definition) is 0. The molecule has 0 amide bonds. The Morgan fingerprint density at radius 1 is 1.05 bits per heavy atom. The van der Waals surface area contributed by atoms with Gasteiger partial charge in [0, 0.05) is 5.56 Å². The second-order valence-electron chi connectivity index (χ2n) is 4.65. The maximum Gasteiger partial charge on any atom is 0.413 e. The van der Waals surface area contributed by atoms with Crippen LogP contribution in [-0.4, -0.2) is 17.0 Å². The van der Waals surface area contributed by atoms with Crippen LogP contribution in [0.15, 0.2) is 54.6 Å². The van der Waals surface area contributed by atoms with Crippen LogP contribution >= 0.6 is 0 Å². The Kier molecular flexibility index (Phi) is 3.46. The van der Waals surface area contributed by atoms with Crippen molar-refractivity contribution in [2.75, 3.05) is 0 Å². The van der Waals surface area contributed by atoms with Crippen molar-refractivity contribution >= 4 is 33.7 Å². The topological polar surface area (TPSA) is 62.7 Å². The first-order valence-electron chi connectivity index (χ1n) is 6.53. The van der Waals surface area contributed by atoms with E-state index in [9.17, 15) is 4.79 Å². The molecule has 0 bridgehead atoms. The van der Waals surface area contributed by atoms with Crippen molar-refractivity contribution in [1.29, 1.82) is 0 Å². The lowest BCUT2D eigenvalue weighted by molar-refractivity contribution is -0.140. The van der Waals surface area contributed by atoms with Gasteiger partial charge >= 0.3 is 12.2 Å². The Morgan fingerprint density at radius 2 is 1.62 bits per heavy atom. The number of carbonyl (C=O) groups excluding carboxylic acids is 1. The summed E-state index contributed by atoms with van der Waals surface area (Å²) in [5.41, 5.74) is 9.29. The Labute approximate surface area is 121 Å². The number of nitrogens with zero attached hydrogens (tertiary/aromatic N) is 2. The molecule has 4 heteroatoms. The van der Waals surface area contributed by atoms with Crippen LogP contribution in [0.2, 0.25) is 0 Å². The third-order valence-corrected chi connectivity index (χ3v) is 3.40. The van der Waals surface area contributed by atoms with Gasteiger partial charge in [-0.15, -0.1) is 0 Å². The molecule has 0 saturated carbocycles. The average Bonchev–Trinajstić information content (AvgIpc) is 2.51. The van der Waals surface area contributed by atoms with E-state index < -0.39 is 5.97 Å². The van der Waals surface area contributed by atoms with E-state index in [0.29, 0.717) is 0 Å². The van der Waals surface area contributed by atoms with Gasteiger partial charge in [-0.25, -0.2) is 4.79 Å². The summed E-state index contributed by atoms with van der Waals surface area (Å²) < 4.78 is 5.14. The van der Waals surface area contributed by atoms with E-state index in [0.717, 1.165) is 33.3 Å². The zero-order valence-corrected chi connectivity index (χ0v) is 11.2. The molecule has 0 aliphatic heterocycles. The zero-order valence-electron chi connectivity index (χ0n) is 11.2. The molecule has 0 aliphatic carbocycles. The number of rotatable bonds is 3. The fraction of sp³-hybridized carbons (Fsp3) is 0.0588. The van der Waals surface area contributed by atoms with Crippen molar-refractivity contribution in [3.63, 3.8) is 0 Å². The molecular weight excluding hydrogens is 264 g/mol. The number of carbonyl (C=O) groups is 1. The number of fused-ring (bicyclic) bond motifs is 2. The van der Waals surface area contributed by atoms with Crippen molar-refractivity contribution in [2.24, 2.45) is 0 Å². The molecule has 21 heavy (non-hydrogen) atoms. The van der Waals surface area contributed by atoms with E-state index in [1.165, 1.54) is 0 Å². The van der Waals surface area contributed by atoms with E-state index >= 15 is 0 Å². The maximum atomic E-state index is 11.4.